The highest BCUT2D eigenvalue weighted by atomic mass is 16.5. The van der Waals surface area contributed by atoms with Gasteiger partial charge in [0.1, 0.15) is 0 Å². The van der Waals surface area contributed by atoms with Gasteiger partial charge in [-0.05, 0) is 25.8 Å². The van der Waals surface area contributed by atoms with Gasteiger partial charge in [-0.3, -0.25) is 0 Å². The number of nitrogens with one attached hydrogen (secondary N) is 1. The van der Waals surface area contributed by atoms with E-state index in [0.717, 1.165) is 32.7 Å². The van der Waals surface area contributed by atoms with Crippen LogP contribution in [0.1, 0.15) is 19.3 Å². The van der Waals surface area contributed by atoms with Gasteiger partial charge in [0.05, 0.1) is 18.8 Å². The Morgan fingerprint density at radius 2 is 2.42 bits per heavy atom. The third-order valence-corrected chi connectivity index (χ3v) is 2.56. The van der Waals surface area contributed by atoms with Gasteiger partial charge in [0.25, 0.3) is 0 Å². The molecule has 2 aliphatic rings. The highest BCUT2D eigenvalue weighted by Crippen LogP contribution is 2.13. The fourth-order valence-electron chi connectivity index (χ4n) is 1.79. The van der Waals surface area contributed by atoms with Gasteiger partial charge in [-0.2, -0.15) is 0 Å². The molecular weight excluding hydrogens is 154 g/mol. The smallest absolute Gasteiger partial charge is 0.0809 e. The summed E-state index contributed by atoms with van der Waals surface area (Å²) in [5.41, 5.74) is 0. The van der Waals surface area contributed by atoms with Crippen LogP contribution in [0, 0.1) is 0 Å². The van der Waals surface area contributed by atoms with Gasteiger partial charge in [-0.15, -0.1) is 0 Å². The zero-order valence-corrected chi connectivity index (χ0v) is 7.42. The number of rotatable bonds is 3. The molecule has 0 spiro atoms. The van der Waals surface area contributed by atoms with Gasteiger partial charge < -0.3 is 14.8 Å². The first-order valence-corrected chi connectivity index (χ1v) is 4.89. The molecule has 2 heterocycles. The van der Waals surface area contributed by atoms with E-state index in [1.807, 2.05) is 0 Å². The normalized spacial score (nSPS) is 36.0. The first kappa shape index (κ1) is 8.48. The zero-order valence-electron chi connectivity index (χ0n) is 7.42. The molecule has 0 unspecified atom stereocenters. The van der Waals surface area contributed by atoms with E-state index in [1.165, 1.54) is 12.8 Å². The van der Waals surface area contributed by atoms with E-state index in [1.54, 1.807) is 0 Å². The predicted octanol–water partition coefficient (Wildman–Crippen LogP) is 0.544. The summed E-state index contributed by atoms with van der Waals surface area (Å²) < 4.78 is 11.2. The molecule has 0 aromatic heterocycles. The number of hydrogen-bond donors (Lipinski definition) is 1. The molecule has 12 heavy (non-hydrogen) atoms. The van der Waals surface area contributed by atoms with Gasteiger partial charge in [-0.25, -0.2) is 0 Å². The molecule has 1 N–H and O–H groups in total. The van der Waals surface area contributed by atoms with Gasteiger partial charge >= 0.3 is 0 Å². The van der Waals surface area contributed by atoms with Crippen LogP contribution in [0.15, 0.2) is 0 Å². The molecule has 0 saturated carbocycles. The summed E-state index contributed by atoms with van der Waals surface area (Å²) in [4.78, 5) is 0. The predicted molar refractivity (Wildman–Crippen MR) is 46.2 cm³/mol. The van der Waals surface area contributed by atoms with E-state index in [9.17, 15) is 0 Å². The summed E-state index contributed by atoms with van der Waals surface area (Å²) in [5.74, 6) is 0. The van der Waals surface area contributed by atoms with Crippen molar-refractivity contribution in [3.63, 3.8) is 0 Å². The Hall–Kier alpha value is -0.120. The molecule has 0 aromatic rings. The second-order valence-corrected chi connectivity index (χ2v) is 3.58. The highest BCUT2D eigenvalue weighted by molar-refractivity contribution is 4.72. The fourth-order valence-corrected chi connectivity index (χ4v) is 1.79. The van der Waals surface area contributed by atoms with Crippen LogP contribution in [-0.2, 0) is 9.47 Å². The molecule has 2 atom stereocenters. The van der Waals surface area contributed by atoms with Crippen LogP contribution < -0.4 is 5.32 Å². The van der Waals surface area contributed by atoms with E-state index >= 15 is 0 Å². The first-order valence-electron chi connectivity index (χ1n) is 4.89. The third-order valence-electron chi connectivity index (χ3n) is 2.56. The Morgan fingerprint density at radius 1 is 1.42 bits per heavy atom. The van der Waals surface area contributed by atoms with Crippen LogP contribution >= 0.6 is 0 Å². The molecule has 2 aliphatic heterocycles. The molecule has 0 bridgehead atoms. The van der Waals surface area contributed by atoms with Gasteiger partial charge in [0.15, 0.2) is 0 Å². The topological polar surface area (TPSA) is 30.5 Å². The minimum Gasteiger partial charge on any atom is -0.376 e. The molecule has 2 fully saturated rings. The van der Waals surface area contributed by atoms with Crippen molar-refractivity contribution in [2.24, 2.45) is 0 Å². The summed E-state index contributed by atoms with van der Waals surface area (Å²) in [6.07, 6.45) is 4.36. The van der Waals surface area contributed by atoms with Crippen LogP contribution in [0.5, 0.6) is 0 Å². The molecule has 0 amide bonds. The van der Waals surface area contributed by atoms with Crippen LogP contribution in [0.4, 0.5) is 0 Å². The maximum atomic E-state index is 5.70. The van der Waals surface area contributed by atoms with Crippen molar-refractivity contribution >= 4 is 0 Å². The van der Waals surface area contributed by atoms with Gasteiger partial charge in [0, 0.05) is 13.2 Å². The van der Waals surface area contributed by atoms with Gasteiger partial charge in [0.2, 0.25) is 0 Å². The fraction of sp³-hybridized carbons (Fsp3) is 1.00. The van der Waals surface area contributed by atoms with Gasteiger partial charge in [-0.1, -0.05) is 0 Å². The van der Waals surface area contributed by atoms with Crippen molar-refractivity contribution in [2.45, 2.75) is 31.5 Å². The molecule has 3 nitrogen and oxygen atoms in total. The molecule has 2 rings (SSSR count). The van der Waals surface area contributed by atoms with Crippen molar-refractivity contribution in [1.82, 2.24) is 5.32 Å². The molecular formula is C9H17NO2. The first-order chi connectivity index (χ1) is 5.95. The van der Waals surface area contributed by atoms with E-state index in [-0.39, 0.29) is 0 Å². The van der Waals surface area contributed by atoms with Crippen LogP contribution in [0.25, 0.3) is 0 Å². The van der Waals surface area contributed by atoms with E-state index in [2.05, 4.69) is 5.32 Å². The molecule has 70 valence electrons. The summed E-state index contributed by atoms with van der Waals surface area (Å²) in [6.45, 7) is 3.85. The average Bonchev–Trinajstić information content (AvgIpc) is 2.74. The molecule has 0 aromatic carbocycles. The Balaban J connectivity index is 1.60. The lowest BCUT2D eigenvalue weighted by Gasteiger charge is -2.14. The average molecular weight is 171 g/mol. The van der Waals surface area contributed by atoms with E-state index in [0.29, 0.717) is 12.2 Å². The Kier molecular flexibility index (Phi) is 2.98. The van der Waals surface area contributed by atoms with Crippen molar-refractivity contribution in [3.05, 3.63) is 0 Å². The quantitative estimate of drug-likeness (QED) is 0.672. The monoisotopic (exact) mass is 171 g/mol. The lowest BCUT2D eigenvalue weighted by atomic mass is 10.2. The molecule has 2 saturated heterocycles. The number of ether oxygens (including phenoxy) is 2. The Bertz CT molecular complexity index is 112. The maximum absolute atomic E-state index is 5.70. The Labute approximate surface area is 73.4 Å². The van der Waals surface area contributed by atoms with Crippen LogP contribution in [-0.4, -0.2) is 38.5 Å². The third kappa shape index (κ3) is 2.19. The second-order valence-electron chi connectivity index (χ2n) is 3.58. The highest BCUT2D eigenvalue weighted by Gasteiger charge is 2.19. The van der Waals surface area contributed by atoms with Crippen molar-refractivity contribution in [2.75, 3.05) is 26.3 Å². The lowest BCUT2D eigenvalue weighted by Crippen LogP contribution is -2.22. The SMILES string of the molecule is C1CO[C@@H](CO[C@@H]2CCNC2)C1. The van der Waals surface area contributed by atoms with Crippen LogP contribution in [0.3, 0.4) is 0 Å². The summed E-state index contributed by atoms with van der Waals surface area (Å²) in [6, 6.07) is 0. The molecule has 3 heteroatoms. The minimum atomic E-state index is 0.380. The zero-order chi connectivity index (χ0) is 8.23. The van der Waals surface area contributed by atoms with Crippen LogP contribution in [0.2, 0.25) is 0 Å². The van der Waals surface area contributed by atoms with E-state index < -0.39 is 0 Å². The minimum absolute atomic E-state index is 0.380. The van der Waals surface area contributed by atoms with Crippen molar-refractivity contribution < 1.29 is 9.47 Å². The summed E-state index contributed by atoms with van der Waals surface area (Å²) in [7, 11) is 0. The maximum Gasteiger partial charge on any atom is 0.0809 e. The summed E-state index contributed by atoms with van der Waals surface area (Å²) >= 11 is 0. The Morgan fingerprint density at radius 3 is 3.08 bits per heavy atom. The second kappa shape index (κ2) is 4.21. The molecule has 0 radical (unpaired) electrons. The van der Waals surface area contributed by atoms with Crippen molar-refractivity contribution in [3.8, 4) is 0 Å². The van der Waals surface area contributed by atoms with E-state index in [4.69, 9.17) is 9.47 Å². The number of hydrogen-bond acceptors (Lipinski definition) is 3. The summed E-state index contributed by atoms with van der Waals surface area (Å²) in [5, 5.41) is 3.28. The van der Waals surface area contributed by atoms with Crippen molar-refractivity contribution in [1.29, 1.82) is 0 Å². The standard InChI is InChI=1S/C9H17NO2/c1-2-9(11-5-1)7-12-8-3-4-10-6-8/h8-10H,1-7H2/t8-,9-/m1/s1. The molecule has 0 aliphatic carbocycles. The lowest BCUT2D eigenvalue weighted by molar-refractivity contribution is -0.0131. The largest absolute Gasteiger partial charge is 0.376 e.